The van der Waals surface area contributed by atoms with E-state index in [-0.39, 0.29) is 0 Å². The summed E-state index contributed by atoms with van der Waals surface area (Å²) in [6.07, 6.45) is 0. The molecular formula is C62H39N. The molecule has 13 aromatic rings. The Morgan fingerprint density at radius 1 is 0.206 bits per heavy atom. The highest BCUT2D eigenvalue weighted by atomic mass is 15.1. The summed E-state index contributed by atoms with van der Waals surface area (Å²) in [7, 11) is 0. The highest BCUT2D eigenvalue weighted by Gasteiger charge is 2.21. The first-order valence-electron chi connectivity index (χ1n) is 21.8. The third-order valence-electron chi connectivity index (χ3n) is 13.3. The molecule has 0 aliphatic carbocycles. The van der Waals surface area contributed by atoms with E-state index in [1.807, 2.05) is 0 Å². The van der Waals surface area contributed by atoms with Crippen LogP contribution in [0.3, 0.4) is 0 Å². The molecule has 0 bridgehead atoms. The maximum absolute atomic E-state index is 2.46. The number of rotatable bonds is 6. The molecule has 0 aliphatic rings. The van der Waals surface area contributed by atoms with Crippen molar-refractivity contribution in [1.29, 1.82) is 0 Å². The van der Waals surface area contributed by atoms with E-state index in [1.54, 1.807) is 0 Å². The van der Waals surface area contributed by atoms with Gasteiger partial charge < -0.3 is 4.90 Å². The minimum Gasteiger partial charge on any atom is -0.310 e. The Kier molecular flexibility index (Phi) is 7.98. The monoisotopic (exact) mass is 797 g/mol. The van der Waals surface area contributed by atoms with Crippen molar-refractivity contribution >= 4 is 92.5 Å². The van der Waals surface area contributed by atoms with E-state index in [1.165, 1.54) is 109 Å². The van der Waals surface area contributed by atoms with E-state index in [9.17, 15) is 0 Å². The summed E-state index contributed by atoms with van der Waals surface area (Å²) in [5.74, 6) is 0. The molecule has 0 saturated carbocycles. The van der Waals surface area contributed by atoms with Gasteiger partial charge in [-0.1, -0.05) is 200 Å². The van der Waals surface area contributed by atoms with Crippen LogP contribution in [0, 0.1) is 0 Å². The van der Waals surface area contributed by atoms with Crippen LogP contribution in [0.25, 0.3) is 109 Å². The Labute approximate surface area is 365 Å². The van der Waals surface area contributed by atoms with Crippen molar-refractivity contribution < 1.29 is 0 Å². The Morgan fingerprint density at radius 2 is 0.587 bits per heavy atom. The molecule has 0 N–H and O–H groups in total. The van der Waals surface area contributed by atoms with Crippen LogP contribution in [-0.4, -0.2) is 0 Å². The van der Waals surface area contributed by atoms with Crippen LogP contribution in [0.15, 0.2) is 237 Å². The number of hydrogen-bond acceptors (Lipinski definition) is 1. The molecule has 0 saturated heterocycles. The van der Waals surface area contributed by atoms with E-state index in [2.05, 4.69) is 241 Å². The van der Waals surface area contributed by atoms with Gasteiger partial charge in [-0.3, -0.25) is 0 Å². The molecule has 1 nitrogen and oxygen atoms in total. The van der Waals surface area contributed by atoms with Gasteiger partial charge in [0.15, 0.2) is 0 Å². The Hall–Kier alpha value is -8.26. The van der Waals surface area contributed by atoms with Crippen molar-refractivity contribution in [3.05, 3.63) is 237 Å². The zero-order valence-electron chi connectivity index (χ0n) is 34.5. The molecule has 0 radical (unpaired) electrons. The van der Waals surface area contributed by atoms with Gasteiger partial charge in [0.25, 0.3) is 0 Å². The zero-order valence-corrected chi connectivity index (χ0v) is 34.5. The lowest BCUT2D eigenvalue weighted by Gasteiger charge is -2.28. The highest BCUT2D eigenvalue weighted by molar-refractivity contribution is 6.38. The van der Waals surface area contributed by atoms with Crippen LogP contribution in [0.5, 0.6) is 0 Å². The Morgan fingerprint density at radius 3 is 1.17 bits per heavy atom. The maximum atomic E-state index is 2.46. The smallest absolute Gasteiger partial charge is 0.0546 e. The lowest BCUT2D eigenvalue weighted by Crippen LogP contribution is -2.10. The molecule has 0 aromatic heterocycles. The van der Waals surface area contributed by atoms with Gasteiger partial charge in [0.05, 0.1) is 5.69 Å². The number of hydrogen-bond donors (Lipinski definition) is 0. The SMILES string of the molecule is c1ccc(-c2ccc(-c3ccc(N(c4ccc(-c5ccc6ccccc6c5)cc4)c4cc5cccc6c7cccc8ccc9cccc(c%10cccc4c%10c56)c9c87)cc3)cc2)cc1. The minimum absolute atomic E-state index is 1.10. The fourth-order valence-corrected chi connectivity index (χ4v) is 10.4. The van der Waals surface area contributed by atoms with Gasteiger partial charge in [0.2, 0.25) is 0 Å². The van der Waals surface area contributed by atoms with Crippen molar-refractivity contribution in [3.8, 4) is 33.4 Å². The molecule has 0 spiro atoms. The molecule has 13 aromatic carbocycles. The second-order valence-electron chi connectivity index (χ2n) is 16.8. The molecule has 0 unspecified atom stereocenters. The molecular weight excluding hydrogens is 759 g/mol. The van der Waals surface area contributed by atoms with Crippen LogP contribution < -0.4 is 4.90 Å². The molecule has 292 valence electrons. The van der Waals surface area contributed by atoms with Crippen molar-refractivity contribution in [1.82, 2.24) is 0 Å². The lowest BCUT2D eigenvalue weighted by molar-refractivity contribution is 1.30. The lowest BCUT2D eigenvalue weighted by atomic mass is 9.87. The molecule has 0 fully saturated rings. The van der Waals surface area contributed by atoms with Crippen molar-refractivity contribution in [3.63, 3.8) is 0 Å². The molecule has 13 rings (SSSR count). The topological polar surface area (TPSA) is 3.24 Å². The van der Waals surface area contributed by atoms with Gasteiger partial charge in [-0.2, -0.15) is 0 Å². The van der Waals surface area contributed by atoms with Gasteiger partial charge in [0.1, 0.15) is 0 Å². The van der Waals surface area contributed by atoms with Crippen LogP contribution in [0.2, 0.25) is 0 Å². The van der Waals surface area contributed by atoms with Gasteiger partial charge in [-0.05, 0) is 134 Å². The summed E-state index contributed by atoms with van der Waals surface area (Å²) in [4.78, 5) is 2.46. The van der Waals surface area contributed by atoms with Gasteiger partial charge >= 0.3 is 0 Å². The van der Waals surface area contributed by atoms with Crippen molar-refractivity contribution in [2.24, 2.45) is 0 Å². The van der Waals surface area contributed by atoms with Gasteiger partial charge in [-0.15, -0.1) is 0 Å². The average molecular weight is 798 g/mol. The van der Waals surface area contributed by atoms with E-state index >= 15 is 0 Å². The molecule has 0 aliphatic heterocycles. The Bertz CT molecular complexity index is 3870. The highest BCUT2D eigenvalue weighted by Crippen LogP contribution is 2.48. The summed E-state index contributed by atoms with van der Waals surface area (Å²) in [5, 5.41) is 17.8. The molecule has 0 heterocycles. The molecule has 1 heteroatoms. The second kappa shape index (κ2) is 14.2. The fourth-order valence-electron chi connectivity index (χ4n) is 10.4. The first-order chi connectivity index (χ1) is 31.2. The normalized spacial score (nSPS) is 11.8. The molecule has 63 heavy (non-hydrogen) atoms. The summed E-state index contributed by atoms with van der Waals surface area (Å²) in [6, 6.07) is 87.5. The predicted molar refractivity (Wildman–Crippen MR) is 271 cm³/mol. The number of fused-ring (bicyclic) bond motifs is 3. The average Bonchev–Trinajstić information content (AvgIpc) is 3.36. The van der Waals surface area contributed by atoms with E-state index in [4.69, 9.17) is 0 Å². The third-order valence-corrected chi connectivity index (χ3v) is 13.3. The number of anilines is 3. The van der Waals surface area contributed by atoms with Crippen LogP contribution in [-0.2, 0) is 0 Å². The molecule has 0 atom stereocenters. The van der Waals surface area contributed by atoms with Gasteiger partial charge in [-0.25, -0.2) is 0 Å². The van der Waals surface area contributed by atoms with Crippen LogP contribution >= 0.6 is 0 Å². The summed E-state index contributed by atoms with van der Waals surface area (Å²) >= 11 is 0. The predicted octanol–water partition coefficient (Wildman–Crippen LogP) is 17.7. The zero-order chi connectivity index (χ0) is 41.4. The first-order valence-corrected chi connectivity index (χ1v) is 21.8. The fraction of sp³-hybridized carbons (Fsp3) is 0. The van der Waals surface area contributed by atoms with E-state index in [0.717, 1.165) is 17.1 Å². The quantitative estimate of drug-likeness (QED) is 0.152. The van der Waals surface area contributed by atoms with Crippen molar-refractivity contribution in [2.75, 3.05) is 4.90 Å². The Balaban J connectivity index is 1.04. The minimum atomic E-state index is 1.10. The molecule has 0 amide bonds. The summed E-state index contributed by atoms with van der Waals surface area (Å²) < 4.78 is 0. The first kappa shape index (κ1) is 35.5. The maximum Gasteiger partial charge on any atom is 0.0546 e. The largest absolute Gasteiger partial charge is 0.310 e. The van der Waals surface area contributed by atoms with Crippen LogP contribution in [0.4, 0.5) is 17.1 Å². The standard InChI is InChI=1S/C62H39N/c1-2-10-40(11-3-1)42-22-24-43(25-23-42)44-30-34-51(35-31-44)63(52-36-32-45(33-37-52)49-29-26-41-12-4-5-13-48(41)38-49)58-39-50-16-8-19-54-53-17-6-14-46-27-28-47-15-7-18-55(60(47)59(46)53)56-20-9-21-57(58)62(56)61(50)54/h1-39H. The van der Waals surface area contributed by atoms with E-state index < -0.39 is 0 Å². The number of nitrogens with zero attached hydrogens (tertiary/aromatic N) is 1. The van der Waals surface area contributed by atoms with Gasteiger partial charge in [0, 0.05) is 22.1 Å². The second-order valence-corrected chi connectivity index (χ2v) is 16.8. The van der Waals surface area contributed by atoms with Crippen molar-refractivity contribution in [2.45, 2.75) is 0 Å². The van der Waals surface area contributed by atoms with Crippen LogP contribution in [0.1, 0.15) is 0 Å². The van der Waals surface area contributed by atoms with E-state index in [0.29, 0.717) is 0 Å². The third kappa shape index (κ3) is 5.71. The summed E-state index contributed by atoms with van der Waals surface area (Å²) in [6.45, 7) is 0. The summed E-state index contributed by atoms with van der Waals surface area (Å²) in [5.41, 5.74) is 10.6. The number of benzene rings is 12.